The normalized spacial score (nSPS) is 15.6. The van der Waals surface area contributed by atoms with Crippen LogP contribution in [0.3, 0.4) is 0 Å². The van der Waals surface area contributed by atoms with Crippen molar-refractivity contribution >= 4 is 28.4 Å². The minimum Gasteiger partial charge on any atom is -0.497 e. The van der Waals surface area contributed by atoms with Crippen LogP contribution in [0.1, 0.15) is 5.56 Å². The molecule has 27 heavy (non-hydrogen) atoms. The number of benzene rings is 1. The number of methoxy groups -OCH3 is 1. The number of carbonyl (C=O) groups is 1. The Morgan fingerprint density at radius 2 is 2.04 bits per heavy atom. The van der Waals surface area contributed by atoms with Gasteiger partial charge in [-0.2, -0.15) is 0 Å². The molecule has 2 heterocycles. The lowest BCUT2D eigenvalue weighted by molar-refractivity contribution is -0.122. The zero-order valence-electron chi connectivity index (χ0n) is 15.6. The maximum Gasteiger partial charge on any atom is 0.234 e. The fourth-order valence-corrected chi connectivity index (χ4v) is 3.40. The van der Waals surface area contributed by atoms with Gasteiger partial charge < -0.3 is 10.1 Å². The molecule has 6 nitrogen and oxygen atoms in total. The second-order valence-electron chi connectivity index (χ2n) is 6.64. The van der Waals surface area contributed by atoms with Crippen molar-refractivity contribution in [2.45, 2.75) is 6.54 Å². The zero-order valence-corrected chi connectivity index (χ0v) is 16.3. The molecular formula is C20H25ClN4O2. The van der Waals surface area contributed by atoms with Gasteiger partial charge in [0.1, 0.15) is 10.9 Å². The summed E-state index contributed by atoms with van der Waals surface area (Å²) >= 11 is 6.41. The van der Waals surface area contributed by atoms with Gasteiger partial charge in [-0.05, 0) is 18.2 Å². The largest absolute Gasteiger partial charge is 0.497 e. The van der Waals surface area contributed by atoms with Crippen LogP contribution in [-0.2, 0) is 11.3 Å². The Hall–Kier alpha value is -2.15. The third-order valence-electron chi connectivity index (χ3n) is 4.72. The van der Waals surface area contributed by atoms with Gasteiger partial charge in [0.2, 0.25) is 5.91 Å². The average molecular weight is 389 g/mol. The van der Waals surface area contributed by atoms with Crippen molar-refractivity contribution in [3.8, 4) is 5.75 Å². The molecule has 0 bridgehead atoms. The first-order valence-electron chi connectivity index (χ1n) is 9.04. The molecule has 1 aliphatic rings. The third kappa shape index (κ3) is 5.19. The Labute approximate surface area is 164 Å². The van der Waals surface area contributed by atoms with Crippen molar-refractivity contribution in [1.82, 2.24) is 20.1 Å². The van der Waals surface area contributed by atoms with Gasteiger partial charge in [0.05, 0.1) is 19.2 Å². The minimum atomic E-state index is 0.0422. The summed E-state index contributed by atoms with van der Waals surface area (Å²) in [5.41, 5.74) is 1.85. The zero-order chi connectivity index (χ0) is 19.2. The van der Waals surface area contributed by atoms with Crippen LogP contribution >= 0.6 is 11.6 Å². The molecule has 3 rings (SSSR count). The second kappa shape index (κ2) is 9.17. The standard InChI is InChI=1S/C20H25ClN4O2/c1-3-6-22-19(26)14-25-9-7-24(8-10-25)13-16-11-15-4-5-17(27-2)12-18(15)23-20(16)21/h3-5,11-12H,1,6-10,13-14H2,2H3,(H,22,26). The molecule has 0 saturated carbocycles. The molecule has 1 saturated heterocycles. The van der Waals surface area contributed by atoms with E-state index in [0.29, 0.717) is 18.2 Å². The van der Waals surface area contributed by atoms with Gasteiger partial charge >= 0.3 is 0 Å². The molecule has 0 radical (unpaired) electrons. The van der Waals surface area contributed by atoms with E-state index in [9.17, 15) is 4.79 Å². The number of halogens is 1. The summed E-state index contributed by atoms with van der Waals surface area (Å²) in [6.45, 7) is 8.81. The van der Waals surface area contributed by atoms with Gasteiger partial charge in [-0.25, -0.2) is 4.98 Å². The number of hydrogen-bond donors (Lipinski definition) is 1. The summed E-state index contributed by atoms with van der Waals surface area (Å²) in [7, 11) is 1.64. The topological polar surface area (TPSA) is 57.7 Å². The molecule has 1 aromatic carbocycles. The van der Waals surface area contributed by atoms with Crippen molar-refractivity contribution in [2.24, 2.45) is 0 Å². The predicted octanol–water partition coefficient (Wildman–Crippen LogP) is 2.32. The smallest absolute Gasteiger partial charge is 0.234 e. The Balaban J connectivity index is 1.58. The van der Waals surface area contributed by atoms with E-state index in [1.807, 2.05) is 18.2 Å². The number of aromatic nitrogens is 1. The first kappa shape index (κ1) is 19.6. The van der Waals surface area contributed by atoms with Crippen molar-refractivity contribution in [3.63, 3.8) is 0 Å². The molecule has 1 aromatic heterocycles. The van der Waals surface area contributed by atoms with Crippen LogP contribution in [-0.4, -0.2) is 67.1 Å². The summed E-state index contributed by atoms with van der Waals surface area (Å²) in [5.74, 6) is 0.813. The molecule has 0 unspecified atom stereocenters. The molecule has 0 atom stereocenters. The number of nitrogens with one attached hydrogen (secondary N) is 1. The maximum atomic E-state index is 11.8. The number of rotatable bonds is 7. The number of pyridine rings is 1. The van der Waals surface area contributed by atoms with Crippen LogP contribution in [0.4, 0.5) is 0 Å². The fourth-order valence-electron chi connectivity index (χ4n) is 3.20. The van der Waals surface area contributed by atoms with Crippen molar-refractivity contribution in [3.05, 3.63) is 47.6 Å². The predicted molar refractivity (Wildman–Crippen MR) is 108 cm³/mol. The number of hydrogen-bond acceptors (Lipinski definition) is 5. The van der Waals surface area contributed by atoms with Gasteiger partial charge in [-0.1, -0.05) is 17.7 Å². The fraction of sp³-hybridized carbons (Fsp3) is 0.400. The first-order valence-corrected chi connectivity index (χ1v) is 9.42. The van der Waals surface area contributed by atoms with Crippen LogP contribution in [0.25, 0.3) is 10.9 Å². The van der Waals surface area contributed by atoms with Crippen LogP contribution in [0.15, 0.2) is 36.9 Å². The average Bonchev–Trinajstić information content (AvgIpc) is 2.68. The van der Waals surface area contributed by atoms with E-state index in [0.717, 1.165) is 54.9 Å². The summed E-state index contributed by atoms with van der Waals surface area (Å²) in [5, 5.41) is 4.39. The molecule has 1 fully saturated rings. The van der Waals surface area contributed by atoms with Crippen LogP contribution in [0.5, 0.6) is 5.75 Å². The highest BCUT2D eigenvalue weighted by Gasteiger charge is 2.20. The summed E-state index contributed by atoms with van der Waals surface area (Å²) in [6, 6.07) is 7.92. The lowest BCUT2D eigenvalue weighted by Crippen LogP contribution is -2.49. The Bertz CT molecular complexity index is 819. The first-order chi connectivity index (χ1) is 13.1. The van der Waals surface area contributed by atoms with Gasteiger partial charge in [0.25, 0.3) is 0 Å². The van der Waals surface area contributed by atoms with E-state index >= 15 is 0 Å². The number of ether oxygens (including phenoxy) is 1. The lowest BCUT2D eigenvalue weighted by Gasteiger charge is -2.34. The SMILES string of the molecule is C=CCNC(=O)CN1CCN(Cc2cc3ccc(OC)cc3nc2Cl)CC1. The van der Waals surface area contributed by atoms with Crippen molar-refractivity contribution in [2.75, 3.05) is 46.4 Å². The van der Waals surface area contributed by atoms with Gasteiger partial charge in [-0.3, -0.25) is 14.6 Å². The highest BCUT2D eigenvalue weighted by Crippen LogP contribution is 2.25. The van der Waals surface area contributed by atoms with Crippen LogP contribution in [0, 0.1) is 0 Å². The Morgan fingerprint density at radius 3 is 2.74 bits per heavy atom. The van der Waals surface area contributed by atoms with Gasteiger partial charge in [0.15, 0.2) is 0 Å². The summed E-state index contributed by atoms with van der Waals surface area (Å²) in [6.07, 6.45) is 1.69. The van der Waals surface area contributed by atoms with E-state index in [-0.39, 0.29) is 5.91 Å². The molecule has 7 heteroatoms. The molecule has 1 amide bonds. The molecule has 0 spiro atoms. The molecule has 144 valence electrons. The second-order valence-corrected chi connectivity index (χ2v) is 7.00. The molecule has 0 aliphatic carbocycles. The number of carbonyl (C=O) groups excluding carboxylic acids is 1. The molecule has 1 aliphatic heterocycles. The molecule has 2 aromatic rings. The number of amides is 1. The monoisotopic (exact) mass is 388 g/mol. The Kier molecular flexibility index (Phi) is 6.66. The summed E-state index contributed by atoms with van der Waals surface area (Å²) < 4.78 is 5.24. The van der Waals surface area contributed by atoms with E-state index in [4.69, 9.17) is 16.3 Å². The maximum absolute atomic E-state index is 11.8. The molecular weight excluding hydrogens is 364 g/mol. The van der Waals surface area contributed by atoms with Crippen LogP contribution in [0.2, 0.25) is 5.15 Å². The number of nitrogens with zero attached hydrogens (tertiary/aromatic N) is 3. The van der Waals surface area contributed by atoms with Crippen molar-refractivity contribution in [1.29, 1.82) is 0 Å². The van der Waals surface area contributed by atoms with Crippen molar-refractivity contribution < 1.29 is 9.53 Å². The molecule has 1 N–H and O–H groups in total. The van der Waals surface area contributed by atoms with E-state index < -0.39 is 0 Å². The number of piperazine rings is 1. The van der Waals surface area contributed by atoms with E-state index in [1.54, 1.807) is 13.2 Å². The van der Waals surface area contributed by atoms with Gasteiger partial charge in [-0.15, -0.1) is 6.58 Å². The van der Waals surface area contributed by atoms with E-state index in [1.165, 1.54) is 0 Å². The summed E-state index contributed by atoms with van der Waals surface area (Å²) in [4.78, 5) is 20.8. The highest BCUT2D eigenvalue weighted by atomic mass is 35.5. The highest BCUT2D eigenvalue weighted by molar-refractivity contribution is 6.30. The van der Waals surface area contributed by atoms with Crippen LogP contribution < -0.4 is 10.1 Å². The number of fused-ring (bicyclic) bond motifs is 1. The van der Waals surface area contributed by atoms with Gasteiger partial charge in [0, 0.05) is 56.3 Å². The lowest BCUT2D eigenvalue weighted by atomic mass is 10.1. The Morgan fingerprint density at radius 1 is 1.30 bits per heavy atom. The minimum absolute atomic E-state index is 0.0422. The quantitative estimate of drug-likeness (QED) is 0.582. The van der Waals surface area contributed by atoms with E-state index in [2.05, 4.69) is 32.7 Å². The third-order valence-corrected chi connectivity index (χ3v) is 5.05.